The summed E-state index contributed by atoms with van der Waals surface area (Å²) in [6, 6.07) is 20.7. The number of methoxy groups -OCH3 is 1. The lowest BCUT2D eigenvalue weighted by Gasteiger charge is -2.06. The van der Waals surface area contributed by atoms with Crippen LogP contribution in [0.1, 0.15) is 27.8 Å². The molecule has 0 atom stereocenters. The number of hydrogen-bond acceptors (Lipinski definition) is 1. The van der Waals surface area contributed by atoms with Crippen LogP contribution in [-0.2, 0) is 24.2 Å². The van der Waals surface area contributed by atoms with E-state index < -0.39 is 11.6 Å². The molecule has 0 heterocycles. The van der Waals surface area contributed by atoms with Gasteiger partial charge in [0.15, 0.2) is 11.6 Å². The Balaban J connectivity index is 1.42. The molecule has 4 rings (SSSR count). The van der Waals surface area contributed by atoms with Crippen molar-refractivity contribution in [1.29, 1.82) is 0 Å². The van der Waals surface area contributed by atoms with Crippen molar-refractivity contribution in [3.8, 4) is 11.8 Å². The second kappa shape index (κ2) is 9.72. The lowest BCUT2D eigenvalue weighted by Crippen LogP contribution is -1.97. The highest BCUT2D eigenvalue weighted by atomic mass is 19.2. The molecule has 0 saturated heterocycles. The molecule has 0 aromatic heterocycles. The summed E-state index contributed by atoms with van der Waals surface area (Å²) in [5, 5.41) is 1.23. The van der Waals surface area contributed by atoms with Crippen LogP contribution in [0.4, 0.5) is 13.2 Å². The number of aryl methyl sites for hydroxylation is 2. The average molecular weight is 430 g/mol. The van der Waals surface area contributed by atoms with Gasteiger partial charge >= 0.3 is 0 Å². The molecule has 32 heavy (non-hydrogen) atoms. The van der Waals surface area contributed by atoms with Gasteiger partial charge in [0.05, 0.1) is 6.61 Å². The van der Waals surface area contributed by atoms with Gasteiger partial charge in [-0.2, -0.15) is 0 Å². The van der Waals surface area contributed by atoms with Gasteiger partial charge in [-0.25, -0.2) is 13.2 Å². The van der Waals surface area contributed by atoms with Gasteiger partial charge in [0.25, 0.3) is 0 Å². The summed E-state index contributed by atoms with van der Waals surface area (Å²) in [6.45, 7) is 0.397. The second-order valence-corrected chi connectivity index (χ2v) is 7.63. The minimum absolute atomic E-state index is 0.208. The Hall–Kier alpha value is -3.55. The van der Waals surface area contributed by atoms with E-state index in [1.807, 2.05) is 36.4 Å². The minimum atomic E-state index is -0.871. The van der Waals surface area contributed by atoms with E-state index in [0.717, 1.165) is 28.7 Å². The topological polar surface area (TPSA) is 9.23 Å². The van der Waals surface area contributed by atoms with Crippen LogP contribution in [0.3, 0.4) is 0 Å². The van der Waals surface area contributed by atoms with E-state index in [9.17, 15) is 13.2 Å². The van der Waals surface area contributed by atoms with Crippen molar-refractivity contribution in [1.82, 2.24) is 0 Å². The smallest absolute Gasteiger partial charge is 0.159 e. The molecule has 4 aromatic carbocycles. The van der Waals surface area contributed by atoms with Crippen LogP contribution >= 0.6 is 0 Å². The quantitative estimate of drug-likeness (QED) is 0.325. The maximum absolute atomic E-state index is 14.2. The Kier molecular flexibility index (Phi) is 6.58. The molecule has 0 aliphatic heterocycles. The molecule has 160 valence electrons. The van der Waals surface area contributed by atoms with Crippen molar-refractivity contribution in [2.75, 3.05) is 7.11 Å². The first-order valence-corrected chi connectivity index (χ1v) is 10.3. The number of fused-ring (bicyclic) bond motifs is 1. The molecular weight excluding hydrogens is 409 g/mol. The molecule has 0 saturated carbocycles. The first-order valence-electron chi connectivity index (χ1n) is 10.3. The number of hydrogen-bond donors (Lipinski definition) is 0. The third-order valence-electron chi connectivity index (χ3n) is 5.30. The maximum Gasteiger partial charge on any atom is 0.159 e. The summed E-state index contributed by atoms with van der Waals surface area (Å²) in [5.74, 6) is 4.21. The molecule has 0 spiro atoms. The van der Waals surface area contributed by atoms with Gasteiger partial charge in [-0.05, 0) is 82.8 Å². The molecule has 4 heteroatoms. The third kappa shape index (κ3) is 5.19. The fraction of sp³-hybridized carbons (Fsp3) is 0.143. The Bertz CT molecular complexity index is 1310. The van der Waals surface area contributed by atoms with Crippen molar-refractivity contribution >= 4 is 10.8 Å². The molecule has 0 bridgehead atoms. The zero-order valence-corrected chi connectivity index (χ0v) is 17.6. The molecule has 0 radical (unpaired) electrons. The van der Waals surface area contributed by atoms with Crippen molar-refractivity contribution in [2.45, 2.75) is 19.4 Å². The lowest BCUT2D eigenvalue weighted by molar-refractivity contribution is 0.184. The normalized spacial score (nSPS) is 10.8. The van der Waals surface area contributed by atoms with Gasteiger partial charge in [-0.3, -0.25) is 0 Å². The Morgan fingerprint density at radius 1 is 0.625 bits per heavy atom. The molecule has 0 aliphatic rings. The van der Waals surface area contributed by atoms with Crippen LogP contribution in [0, 0.1) is 29.3 Å². The predicted octanol–water partition coefficient (Wildman–Crippen LogP) is 6.59. The summed E-state index contributed by atoms with van der Waals surface area (Å²) in [4.78, 5) is 0. The summed E-state index contributed by atoms with van der Waals surface area (Å²) in [5.41, 5.74) is 4.16. The average Bonchev–Trinajstić information content (AvgIpc) is 2.79. The summed E-state index contributed by atoms with van der Waals surface area (Å²) < 4.78 is 46.1. The third-order valence-corrected chi connectivity index (χ3v) is 5.30. The summed E-state index contributed by atoms with van der Waals surface area (Å²) in [6.07, 6.45) is 1.33. The predicted molar refractivity (Wildman–Crippen MR) is 121 cm³/mol. The van der Waals surface area contributed by atoms with Gasteiger partial charge in [-0.15, -0.1) is 0 Å². The van der Waals surface area contributed by atoms with E-state index >= 15 is 0 Å². The number of benzene rings is 4. The van der Waals surface area contributed by atoms with Crippen molar-refractivity contribution in [3.63, 3.8) is 0 Å². The van der Waals surface area contributed by atoms with E-state index in [1.165, 1.54) is 18.2 Å². The first-order chi connectivity index (χ1) is 15.5. The van der Waals surface area contributed by atoms with Crippen LogP contribution in [0.25, 0.3) is 10.8 Å². The van der Waals surface area contributed by atoms with Crippen molar-refractivity contribution in [2.24, 2.45) is 0 Å². The zero-order chi connectivity index (χ0) is 22.5. The largest absolute Gasteiger partial charge is 0.380 e. The molecular formula is C28H21F3O. The Labute approximate surface area is 185 Å². The number of rotatable bonds is 5. The van der Waals surface area contributed by atoms with Crippen LogP contribution in [0.5, 0.6) is 0 Å². The van der Waals surface area contributed by atoms with Crippen LogP contribution in [-0.4, -0.2) is 7.11 Å². The molecule has 4 aromatic rings. The SMILES string of the molecule is COCc1ccc(CCc2ccc(C#Cc3ccc4cc(F)c(F)cc4c3)cc2)c(F)c1. The lowest BCUT2D eigenvalue weighted by atomic mass is 10.0. The standard InChI is InChI=1S/C28H21F3O/c1-32-18-22-10-12-23(26(29)15-22)11-8-20-4-2-19(3-5-20)6-7-21-9-13-24-16-27(30)28(31)17-25(24)14-21/h2-5,9-10,12-17H,8,11,18H2,1H3. The molecule has 0 amide bonds. The highest BCUT2D eigenvalue weighted by molar-refractivity contribution is 5.84. The highest BCUT2D eigenvalue weighted by Crippen LogP contribution is 2.20. The van der Waals surface area contributed by atoms with Crippen LogP contribution in [0.15, 0.2) is 72.8 Å². The molecule has 1 nitrogen and oxygen atoms in total. The molecule has 0 fully saturated rings. The van der Waals surface area contributed by atoms with Gasteiger partial charge in [0, 0.05) is 18.2 Å². The second-order valence-electron chi connectivity index (χ2n) is 7.63. The zero-order valence-electron chi connectivity index (χ0n) is 17.6. The number of ether oxygens (including phenoxy) is 1. The minimum Gasteiger partial charge on any atom is -0.380 e. The van der Waals surface area contributed by atoms with Gasteiger partial charge in [-0.1, -0.05) is 42.2 Å². The fourth-order valence-electron chi connectivity index (χ4n) is 3.55. The fourth-order valence-corrected chi connectivity index (χ4v) is 3.55. The van der Waals surface area contributed by atoms with Gasteiger partial charge in [0.1, 0.15) is 5.82 Å². The molecule has 0 N–H and O–H groups in total. The number of halogens is 3. The van der Waals surface area contributed by atoms with Crippen LogP contribution in [0.2, 0.25) is 0 Å². The van der Waals surface area contributed by atoms with Gasteiger partial charge < -0.3 is 4.74 Å². The molecule has 0 unspecified atom stereocenters. The van der Waals surface area contributed by atoms with E-state index in [2.05, 4.69) is 11.8 Å². The highest BCUT2D eigenvalue weighted by Gasteiger charge is 2.05. The Morgan fingerprint density at radius 3 is 2.00 bits per heavy atom. The van der Waals surface area contributed by atoms with E-state index in [-0.39, 0.29) is 5.82 Å². The van der Waals surface area contributed by atoms with E-state index in [1.54, 1.807) is 25.3 Å². The monoisotopic (exact) mass is 430 g/mol. The Morgan fingerprint density at radius 2 is 1.28 bits per heavy atom. The van der Waals surface area contributed by atoms with Crippen molar-refractivity contribution in [3.05, 3.63) is 118 Å². The first kappa shape index (κ1) is 21.7. The maximum atomic E-state index is 14.2. The summed E-state index contributed by atoms with van der Waals surface area (Å²) in [7, 11) is 1.59. The van der Waals surface area contributed by atoms with E-state index in [4.69, 9.17) is 4.74 Å². The van der Waals surface area contributed by atoms with Gasteiger partial charge in [0.2, 0.25) is 0 Å². The van der Waals surface area contributed by atoms with E-state index in [0.29, 0.717) is 29.4 Å². The summed E-state index contributed by atoms with van der Waals surface area (Å²) >= 11 is 0. The van der Waals surface area contributed by atoms with Crippen molar-refractivity contribution < 1.29 is 17.9 Å². The molecule has 0 aliphatic carbocycles. The van der Waals surface area contributed by atoms with Crippen LogP contribution < -0.4 is 0 Å².